The first-order valence-corrected chi connectivity index (χ1v) is 6.74. The Bertz CT molecular complexity index is 507. The first kappa shape index (κ1) is 16.9. The molecule has 0 radical (unpaired) electrons. The molecule has 0 fully saturated rings. The van der Waals surface area contributed by atoms with E-state index in [-0.39, 0.29) is 25.2 Å². The summed E-state index contributed by atoms with van der Waals surface area (Å²) in [6.07, 6.45) is 1.27. The summed E-state index contributed by atoms with van der Waals surface area (Å²) in [4.78, 5) is 24.8. The van der Waals surface area contributed by atoms with Crippen molar-refractivity contribution in [3.8, 4) is 0 Å². The summed E-state index contributed by atoms with van der Waals surface area (Å²) >= 11 is 0. The van der Waals surface area contributed by atoms with Crippen LogP contribution in [-0.2, 0) is 24.5 Å². The van der Waals surface area contributed by atoms with Gasteiger partial charge in [-0.1, -0.05) is 24.3 Å². The zero-order valence-corrected chi connectivity index (χ0v) is 12.2. The lowest BCUT2D eigenvalue weighted by Gasteiger charge is -2.28. The van der Waals surface area contributed by atoms with Crippen molar-refractivity contribution in [3.05, 3.63) is 48.3 Å². The van der Waals surface area contributed by atoms with E-state index >= 15 is 0 Å². The molecule has 0 saturated heterocycles. The smallest absolute Gasteiger partial charge is 0.328 e. The van der Waals surface area contributed by atoms with Gasteiger partial charge in [-0.15, -0.1) is 6.58 Å². The van der Waals surface area contributed by atoms with Crippen LogP contribution in [0.1, 0.15) is 25.8 Å². The molecule has 5 heteroatoms. The first-order chi connectivity index (χ1) is 10.0. The lowest BCUT2D eigenvalue weighted by Crippen LogP contribution is -2.46. The van der Waals surface area contributed by atoms with Gasteiger partial charge >= 0.3 is 11.9 Å². The molecule has 0 heterocycles. The Labute approximate surface area is 123 Å². The molecule has 21 heavy (non-hydrogen) atoms. The number of rotatable bonds is 7. The van der Waals surface area contributed by atoms with Crippen LogP contribution in [-0.4, -0.2) is 25.2 Å². The van der Waals surface area contributed by atoms with Gasteiger partial charge in [0.2, 0.25) is 0 Å². The molecule has 0 N–H and O–H groups in total. The van der Waals surface area contributed by atoms with Crippen molar-refractivity contribution in [1.82, 2.24) is 0 Å². The van der Waals surface area contributed by atoms with Crippen LogP contribution >= 0.6 is 0 Å². The lowest BCUT2D eigenvalue weighted by atomic mass is 9.77. The molecule has 1 aromatic rings. The summed E-state index contributed by atoms with van der Waals surface area (Å²) in [5.74, 6) is -2.35. The van der Waals surface area contributed by atoms with Gasteiger partial charge in [-0.2, -0.15) is 0 Å². The van der Waals surface area contributed by atoms with E-state index in [4.69, 9.17) is 9.47 Å². The molecule has 1 rings (SSSR count). The van der Waals surface area contributed by atoms with E-state index in [2.05, 4.69) is 6.58 Å². The Hall–Kier alpha value is -2.17. The normalized spacial score (nSPS) is 10.8. The molecule has 0 unspecified atom stereocenters. The molecular weight excluding hydrogens is 275 g/mol. The quantitative estimate of drug-likeness (QED) is 0.441. The zero-order valence-electron chi connectivity index (χ0n) is 12.2. The standard InChI is InChI=1S/C16H19FO4/c1-4-11-16(14(18)20-5-2,15(19)21-6-3)12-9-7-8-10-13(12)17/h4,7-10H,1,5-6,11H2,2-3H3. The Morgan fingerprint density at radius 1 is 1.19 bits per heavy atom. The molecule has 0 atom stereocenters. The fourth-order valence-electron chi connectivity index (χ4n) is 2.11. The van der Waals surface area contributed by atoms with Crippen LogP contribution in [0.5, 0.6) is 0 Å². The fraction of sp³-hybridized carbons (Fsp3) is 0.375. The molecule has 1 aromatic carbocycles. The predicted molar refractivity (Wildman–Crippen MR) is 76.2 cm³/mol. The molecule has 0 spiro atoms. The number of halogens is 1. The lowest BCUT2D eigenvalue weighted by molar-refractivity contribution is -0.165. The van der Waals surface area contributed by atoms with Crippen molar-refractivity contribution in [1.29, 1.82) is 0 Å². The van der Waals surface area contributed by atoms with E-state index in [1.807, 2.05) is 0 Å². The molecule has 0 aromatic heterocycles. The average Bonchev–Trinajstić information content (AvgIpc) is 2.46. The summed E-state index contributed by atoms with van der Waals surface area (Å²) in [5, 5.41) is 0. The van der Waals surface area contributed by atoms with Gasteiger partial charge in [0.25, 0.3) is 0 Å². The molecule has 114 valence electrons. The van der Waals surface area contributed by atoms with Gasteiger partial charge in [0.15, 0.2) is 5.41 Å². The van der Waals surface area contributed by atoms with E-state index in [9.17, 15) is 14.0 Å². The molecule has 0 aliphatic carbocycles. The van der Waals surface area contributed by atoms with E-state index in [0.29, 0.717) is 0 Å². The van der Waals surface area contributed by atoms with Crippen LogP contribution in [0.4, 0.5) is 4.39 Å². The van der Waals surface area contributed by atoms with Gasteiger partial charge in [0.1, 0.15) is 5.82 Å². The van der Waals surface area contributed by atoms with Gasteiger partial charge in [-0.3, -0.25) is 9.59 Å². The second-order valence-electron chi connectivity index (χ2n) is 4.32. The fourth-order valence-corrected chi connectivity index (χ4v) is 2.11. The van der Waals surface area contributed by atoms with Crippen LogP contribution in [0.2, 0.25) is 0 Å². The SMILES string of the molecule is C=CCC(C(=O)OCC)(C(=O)OCC)c1ccccc1F. The van der Waals surface area contributed by atoms with Gasteiger partial charge in [0.05, 0.1) is 13.2 Å². The number of carbonyl (C=O) groups excluding carboxylic acids is 2. The predicted octanol–water partition coefficient (Wildman–Crippen LogP) is 2.77. The maximum absolute atomic E-state index is 14.2. The van der Waals surface area contributed by atoms with Crippen LogP contribution in [0, 0.1) is 5.82 Å². The van der Waals surface area contributed by atoms with Crippen LogP contribution in [0.25, 0.3) is 0 Å². The molecular formula is C16H19FO4. The van der Waals surface area contributed by atoms with Crippen molar-refractivity contribution < 1.29 is 23.5 Å². The molecule has 0 aliphatic rings. The van der Waals surface area contributed by atoms with Gasteiger partial charge in [0, 0.05) is 5.56 Å². The number of benzene rings is 1. The number of esters is 2. The van der Waals surface area contributed by atoms with Gasteiger partial charge in [-0.25, -0.2) is 4.39 Å². The summed E-state index contributed by atoms with van der Waals surface area (Å²) in [6.45, 7) is 6.93. The Morgan fingerprint density at radius 3 is 2.14 bits per heavy atom. The van der Waals surface area contributed by atoms with Crippen LogP contribution < -0.4 is 0 Å². The van der Waals surface area contributed by atoms with Crippen molar-refractivity contribution in [2.24, 2.45) is 0 Å². The first-order valence-electron chi connectivity index (χ1n) is 6.74. The molecule has 0 aliphatic heterocycles. The molecule has 4 nitrogen and oxygen atoms in total. The van der Waals surface area contributed by atoms with Crippen molar-refractivity contribution in [3.63, 3.8) is 0 Å². The van der Waals surface area contributed by atoms with E-state index in [1.54, 1.807) is 19.9 Å². The number of carbonyl (C=O) groups is 2. The minimum absolute atomic E-state index is 0.0678. The maximum atomic E-state index is 14.2. The van der Waals surface area contributed by atoms with Crippen molar-refractivity contribution >= 4 is 11.9 Å². The summed E-state index contributed by atoms with van der Waals surface area (Å²) < 4.78 is 24.1. The molecule has 0 bridgehead atoms. The largest absolute Gasteiger partial charge is 0.465 e. The van der Waals surface area contributed by atoms with Crippen LogP contribution in [0.3, 0.4) is 0 Å². The number of ether oxygens (including phenoxy) is 2. The van der Waals surface area contributed by atoms with Crippen molar-refractivity contribution in [2.75, 3.05) is 13.2 Å². The van der Waals surface area contributed by atoms with Crippen LogP contribution in [0.15, 0.2) is 36.9 Å². The van der Waals surface area contributed by atoms with Gasteiger partial charge in [-0.05, 0) is 26.3 Å². The minimum Gasteiger partial charge on any atom is -0.465 e. The van der Waals surface area contributed by atoms with Crippen molar-refractivity contribution in [2.45, 2.75) is 25.7 Å². The minimum atomic E-state index is -1.86. The molecule has 0 saturated carbocycles. The van der Waals surface area contributed by atoms with Gasteiger partial charge < -0.3 is 9.47 Å². The number of hydrogen-bond acceptors (Lipinski definition) is 4. The highest BCUT2D eigenvalue weighted by Gasteiger charge is 2.51. The Morgan fingerprint density at radius 2 is 1.71 bits per heavy atom. The highest BCUT2D eigenvalue weighted by Crippen LogP contribution is 2.34. The summed E-state index contributed by atoms with van der Waals surface area (Å²) in [6, 6.07) is 5.60. The second-order valence-corrected chi connectivity index (χ2v) is 4.32. The maximum Gasteiger partial charge on any atom is 0.328 e. The highest BCUT2D eigenvalue weighted by atomic mass is 19.1. The third-order valence-electron chi connectivity index (χ3n) is 3.03. The number of allylic oxidation sites excluding steroid dienone is 1. The van der Waals surface area contributed by atoms with E-state index in [0.717, 1.165) is 0 Å². The zero-order chi connectivity index (χ0) is 15.9. The third-order valence-corrected chi connectivity index (χ3v) is 3.03. The topological polar surface area (TPSA) is 52.6 Å². The number of hydrogen-bond donors (Lipinski definition) is 0. The monoisotopic (exact) mass is 294 g/mol. The Balaban J connectivity index is 3.50. The van der Waals surface area contributed by atoms with E-state index in [1.165, 1.54) is 24.3 Å². The Kier molecular flexibility index (Phi) is 6.09. The summed E-state index contributed by atoms with van der Waals surface area (Å²) in [7, 11) is 0. The summed E-state index contributed by atoms with van der Waals surface area (Å²) in [5.41, 5.74) is -1.93. The second kappa shape index (κ2) is 7.57. The molecule has 0 amide bonds. The third kappa shape index (κ3) is 3.29. The highest BCUT2D eigenvalue weighted by molar-refractivity contribution is 6.06. The van der Waals surface area contributed by atoms with E-state index < -0.39 is 23.2 Å². The average molecular weight is 294 g/mol.